The van der Waals surface area contributed by atoms with Gasteiger partial charge in [0, 0.05) is 77.9 Å². The highest BCUT2D eigenvalue weighted by atomic mass is 15.0. The van der Waals surface area contributed by atoms with Crippen LogP contribution in [0.1, 0.15) is 57.4 Å². The minimum Gasteiger partial charge on any atom is -0.399 e. The molecular formula is C46H51N8+. The number of aliphatic imine (C=N–C) groups is 1. The fourth-order valence-corrected chi connectivity index (χ4v) is 7.10. The van der Waals surface area contributed by atoms with E-state index in [1.165, 1.54) is 42.5 Å². The zero-order valence-electron chi connectivity index (χ0n) is 31.4. The van der Waals surface area contributed by atoms with E-state index in [1.807, 2.05) is 66.7 Å². The summed E-state index contributed by atoms with van der Waals surface area (Å²) in [5, 5.41) is 10.9. The Morgan fingerprint density at radius 3 is 2.09 bits per heavy atom. The molecular weight excluding hydrogens is 665 g/mol. The number of rotatable bonds is 15. The molecule has 0 aliphatic heterocycles. The molecule has 0 unspecified atom stereocenters. The molecule has 0 saturated carbocycles. The summed E-state index contributed by atoms with van der Waals surface area (Å²) >= 11 is 0. The fraction of sp³-hybridized carbons (Fsp3) is 0.239. The van der Waals surface area contributed by atoms with Crippen LogP contribution in [0.4, 0.5) is 34.1 Å². The van der Waals surface area contributed by atoms with Crippen LogP contribution in [-0.4, -0.2) is 23.8 Å². The van der Waals surface area contributed by atoms with E-state index in [9.17, 15) is 0 Å². The molecule has 54 heavy (non-hydrogen) atoms. The number of fused-ring (bicyclic) bond motifs is 2. The number of para-hydroxylation sites is 2. The first-order chi connectivity index (χ1) is 26.4. The molecule has 7 rings (SSSR count). The molecule has 8 nitrogen and oxygen atoms in total. The highest BCUT2D eigenvalue weighted by Crippen LogP contribution is 2.32. The Hall–Kier alpha value is -6.15. The van der Waals surface area contributed by atoms with Crippen molar-refractivity contribution in [2.45, 2.75) is 58.8 Å². The van der Waals surface area contributed by atoms with Gasteiger partial charge >= 0.3 is 0 Å². The normalized spacial score (nSPS) is 13.6. The van der Waals surface area contributed by atoms with Crippen LogP contribution >= 0.6 is 0 Å². The molecule has 0 fully saturated rings. The first-order valence-corrected chi connectivity index (χ1v) is 19.2. The molecule has 0 amide bonds. The highest BCUT2D eigenvalue weighted by Gasteiger charge is 2.21. The average molecular weight is 716 g/mol. The van der Waals surface area contributed by atoms with Gasteiger partial charge in [0.2, 0.25) is 16.7 Å². The number of hydrogen-bond donors (Lipinski definition) is 5. The van der Waals surface area contributed by atoms with Crippen molar-refractivity contribution in [1.29, 1.82) is 0 Å². The maximum atomic E-state index is 6.13. The number of hydrogen-bond acceptors (Lipinski definition) is 7. The van der Waals surface area contributed by atoms with Crippen molar-refractivity contribution in [3.05, 3.63) is 138 Å². The first-order valence-electron chi connectivity index (χ1n) is 19.2. The lowest BCUT2D eigenvalue weighted by molar-refractivity contribution is -0.538. The Labute approximate surface area is 318 Å². The van der Waals surface area contributed by atoms with Crippen molar-refractivity contribution in [2.75, 3.05) is 35.2 Å². The van der Waals surface area contributed by atoms with Crippen LogP contribution in [0.3, 0.4) is 0 Å². The van der Waals surface area contributed by atoms with Gasteiger partial charge in [0.05, 0.1) is 11.4 Å². The summed E-state index contributed by atoms with van der Waals surface area (Å²) in [4.78, 5) is 9.98. The molecule has 1 aliphatic carbocycles. The van der Waals surface area contributed by atoms with Crippen LogP contribution in [0.5, 0.6) is 0 Å². The second-order valence-corrected chi connectivity index (χ2v) is 14.2. The van der Waals surface area contributed by atoms with Crippen molar-refractivity contribution < 1.29 is 4.57 Å². The van der Waals surface area contributed by atoms with E-state index in [-0.39, 0.29) is 0 Å². The number of nitrogens with two attached hydrogens (primary N) is 2. The number of nitrogens with one attached hydrogen (secondary N) is 3. The third-order valence-electron chi connectivity index (χ3n) is 9.95. The van der Waals surface area contributed by atoms with Crippen LogP contribution in [0.25, 0.3) is 27.8 Å². The fourth-order valence-electron chi connectivity index (χ4n) is 7.10. The summed E-state index contributed by atoms with van der Waals surface area (Å²) in [5.41, 5.74) is 27.3. The van der Waals surface area contributed by atoms with E-state index in [1.54, 1.807) is 0 Å². The van der Waals surface area contributed by atoms with E-state index in [0.29, 0.717) is 11.4 Å². The molecule has 1 aliphatic rings. The van der Waals surface area contributed by atoms with Crippen LogP contribution in [0.15, 0.2) is 138 Å². The maximum Gasteiger partial charge on any atom is 0.239 e. The lowest BCUT2D eigenvalue weighted by Crippen LogP contribution is -2.33. The zero-order chi connectivity index (χ0) is 37.3. The molecule has 0 radical (unpaired) electrons. The SMILES string of the molecule is CC1=CC(=Nc2cc(N)ccc2Nc2ccccc2)CC=C1NCCCCCCCCNc1cc2c(cc1C)nc1cc(N)ccc1[n+]2-c1ccccc1. The van der Waals surface area contributed by atoms with E-state index >= 15 is 0 Å². The van der Waals surface area contributed by atoms with Crippen LogP contribution in [-0.2, 0) is 0 Å². The van der Waals surface area contributed by atoms with Crippen molar-refractivity contribution in [3.63, 3.8) is 0 Å². The molecule has 5 aromatic carbocycles. The minimum atomic E-state index is 0.700. The van der Waals surface area contributed by atoms with E-state index in [0.717, 1.165) is 88.6 Å². The Bertz CT molecular complexity index is 2330. The van der Waals surface area contributed by atoms with Crippen LogP contribution < -0.4 is 32.0 Å². The Morgan fingerprint density at radius 2 is 1.33 bits per heavy atom. The van der Waals surface area contributed by atoms with E-state index in [4.69, 9.17) is 21.4 Å². The molecule has 274 valence electrons. The monoisotopic (exact) mass is 715 g/mol. The topological polar surface area (TPSA) is 117 Å². The molecule has 7 N–H and O–H groups in total. The van der Waals surface area contributed by atoms with Gasteiger partial charge in [-0.05, 0) is 92.4 Å². The van der Waals surface area contributed by atoms with Crippen molar-refractivity contribution in [2.24, 2.45) is 4.99 Å². The predicted octanol–water partition coefficient (Wildman–Crippen LogP) is 10.2. The second kappa shape index (κ2) is 17.1. The number of allylic oxidation sites excluding steroid dienone is 3. The molecule has 8 heteroatoms. The van der Waals surface area contributed by atoms with Gasteiger partial charge in [-0.3, -0.25) is 4.99 Å². The van der Waals surface area contributed by atoms with Gasteiger partial charge in [-0.2, -0.15) is 0 Å². The van der Waals surface area contributed by atoms with Crippen molar-refractivity contribution >= 4 is 61.9 Å². The third-order valence-corrected chi connectivity index (χ3v) is 9.95. The zero-order valence-corrected chi connectivity index (χ0v) is 31.4. The van der Waals surface area contributed by atoms with Gasteiger partial charge in [0.15, 0.2) is 0 Å². The van der Waals surface area contributed by atoms with Crippen molar-refractivity contribution in [1.82, 2.24) is 10.3 Å². The third kappa shape index (κ3) is 8.89. The summed E-state index contributed by atoms with van der Waals surface area (Å²) in [6.07, 6.45) is 12.5. The number of benzene rings is 5. The highest BCUT2D eigenvalue weighted by molar-refractivity contribution is 6.01. The second-order valence-electron chi connectivity index (χ2n) is 14.2. The first kappa shape index (κ1) is 36.2. The largest absolute Gasteiger partial charge is 0.399 e. The van der Waals surface area contributed by atoms with Crippen LogP contribution in [0, 0.1) is 6.92 Å². The predicted molar refractivity (Wildman–Crippen MR) is 228 cm³/mol. The van der Waals surface area contributed by atoms with E-state index < -0.39 is 0 Å². The molecule has 0 bridgehead atoms. The van der Waals surface area contributed by atoms with Gasteiger partial charge in [0.1, 0.15) is 11.0 Å². The maximum absolute atomic E-state index is 6.13. The Morgan fingerprint density at radius 1 is 0.667 bits per heavy atom. The number of aryl methyl sites for hydroxylation is 1. The minimum absolute atomic E-state index is 0.700. The van der Waals surface area contributed by atoms with E-state index in [2.05, 4.69) is 89.0 Å². The summed E-state index contributed by atoms with van der Waals surface area (Å²) in [5.74, 6) is 0. The van der Waals surface area contributed by atoms with Crippen LogP contribution in [0.2, 0.25) is 0 Å². The molecule has 1 heterocycles. The summed E-state index contributed by atoms with van der Waals surface area (Å²) in [6, 6.07) is 36.8. The molecule has 6 aromatic rings. The molecule has 0 spiro atoms. The number of anilines is 5. The Kier molecular flexibility index (Phi) is 11.5. The van der Waals surface area contributed by atoms with Gasteiger partial charge in [-0.25, -0.2) is 4.98 Å². The smallest absolute Gasteiger partial charge is 0.239 e. The standard InChI is InChI=1S/C46H50N8/c1-32-27-37(52-42-29-34(47)19-22-40(42)51-36-15-9-7-10-16-36)21-23-39(32)49-25-13-5-3-4-6-14-26-50-41-31-46-43(28-33(41)2)53-44-30-35(48)20-24-45(44)54(46)38-17-11-8-12-18-38/h7-12,15-20,22-24,27-31,49H,3-6,13-14,21,25-26,48H2,1-2H3,(H3,47,50,51,53)/p+1. The molecule has 0 saturated heterocycles. The quantitative estimate of drug-likeness (QED) is 0.0313. The molecule has 1 aromatic heterocycles. The molecule has 0 atom stereocenters. The Balaban J connectivity index is 0.850. The van der Waals surface area contributed by atoms with Crippen molar-refractivity contribution in [3.8, 4) is 5.69 Å². The number of nitrogen functional groups attached to an aromatic ring is 2. The van der Waals surface area contributed by atoms with Gasteiger partial charge in [0.25, 0.3) is 0 Å². The number of nitrogens with zero attached hydrogens (tertiary/aromatic N) is 3. The lowest BCUT2D eigenvalue weighted by atomic mass is 10.0. The van der Waals surface area contributed by atoms with Gasteiger partial charge in [-0.1, -0.05) is 68.2 Å². The summed E-state index contributed by atoms with van der Waals surface area (Å²) < 4.78 is 2.29. The van der Waals surface area contributed by atoms with Gasteiger partial charge < -0.3 is 27.4 Å². The summed E-state index contributed by atoms with van der Waals surface area (Å²) in [6.45, 7) is 6.24. The number of aromatic nitrogens is 2. The average Bonchev–Trinajstić information content (AvgIpc) is 3.17. The van der Waals surface area contributed by atoms with Gasteiger partial charge in [-0.15, -0.1) is 4.57 Å². The number of unbranched alkanes of at least 4 members (excludes halogenated alkanes) is 5. The summed E-state index contributed by atoms with van der Waals surface area (Å²) in [7, 11) is 0. The lowest BCUT2D eigenvalue weighted by Gasteiger charge is -2.17.